The highest BCUT2D eigenvalue weighted by atomic mass is 79.9. The highest BCUT2D eigenvalue weighted by Crippen LogP contribution is 2.30. The Balaban J connectivity index is 2.16. The Hall–Kier alpha value is -1.09. The van der Waals surface area contributed by atoms with Crippen LogP contribution in [0.15, 0.2) is 22.7 Å². The zero-order chi connectivity index (χ0) is 14.5. The molecule has 0 saturated carbocycles. The fourth-order valence-electron chi connectivity index (χ4n) is 2.41. The zero-order valence-electron chi connectivity index (χ0n) is 12.0. The van der Waals surface area contributed by atoms with Crippen molar-refractivity contribution in [3.63, 3.8) is 0 Å². The quantitative estimate of drug-likeness (QED) is 0.846. The molecular weight excluding hydrogens is 318 g/mol. The highest BCUT2D eigenvalue weighted by molar-refractivity contribution is 9.10. The van der Waals surface area contributed by atoms with E-state index in [-0.39, 0.29) is 6.04 Å². The Bertz CT molecular complexity index is 492. The van der Waals surface area contributed by atoms with Gasteiger partial charge in [0.05, 0.1) is 17.1 Å². The van der Waals surface area contributed by atoms with Crippen LogP contribution in [0.25, 0.3) is 0 Å². The summed E-state index contributed by atoms with van der Waals surface area (Å²) in [5.74, 6) is 0.825. The van der Waals surface area contributed by atoms with E-state index >= 15 is 0 Å². The van der Waals surface area contributed by atoms with E-state index in [1.807, 2.05) is 25.1 Å². The SMILES string of the molecule is CCOc1ccc(C(C#N)N2CCN(C)CC2)cc1Br. The number of halogens is 1. The van der Waals surface area contributed by atoms with Crippen LogP contribution in [0.1, 0.15) is 18.5 Å². The van der Waals surface area contributed by atoms with Crippen molar-refractivity contribution in [1.82, 2.24) is 9.80 Å². The lowest BCUT2D eigenvalue weighted by atomic mass is 10.1. The van der Waals surface area contributed by atoms with Gasteiger partial charge in [-0.3, -0.25) is 4.90 Å². The van der Waals surface area contributed by atoms with Crippen LogP contribution in [0.3, 0.4) is 0 Å². The first-order valence-corrected chi connectivity index (χ1v) is 7.69. The van der Waals surface area contributed by atoms with Gasteiger partial charge in [-0.05, 0) is 47.6 Å². The van der Waals surface area contributed by atoms with Gasteiger partial charge in [0.2, 0.25) is 0 Å². The van der Waals surface area contributed by atoms with Crippen LogP contribution in [0.2, 0.25) is 0 Å². The summed E-state index contributed by atoms with van der Waals surface area (Å²) in [6, 6.07) is 8.16. The lowest BCUT2D eigenvalue weighted by molar-refractivity contribution is 0.133. The molecule has 0 aromatic heterocycles. The standard InChI is InChI=1S/C15H20BrN3O/c1-3-20-15-5-4-12(10-13(15)16)14(11-17)19-8-6-18(2)7-9-19/h4-5,10,14H,3,6-9H2,1-2H3. The van der Waals surface area contributed by atoms with Crippen molar-refractivity contribution in [2.75, 3.05) is 39.8 Å². The maximum Gasteiger partial charge on any atom is 0.133 e. The molecule has 1 aromatic rings. The van der Waals surface area contributed by atoms with E-state index in [4.69, 9.17) is 4.74 Å². The molecule has 4 nitrogen and oxygen atoms in total. The number of rotatable bonds is 4. The van der Waals surface area contributed by atoms with Crippen molar-refractivity contribution in [1.29, 1.82) is 5.26 Å². The largest absolute Gasteiger partial charge is 0.493 e. The molecule has 1 fully saturated rings. The molecule has 5 heteroatoms. The molecule has 20 heavy (non-hydrogen) atoms. The molecule has 0 radical (unpaired) electrons. The molecule has 108 valence electrons. The summed E-state index contributed by atoms with van der Waals surface area (Å²) >= 11 is 3.52. The third kappa shape index (κ3) is 3.51. The third-order valence-corrected chi connectivity index (χ3v) is 4.22. The molecule has 0 aliphatic carbocycles. The molecule has 0 bridgehead atoms. The maximum absolute atomic E-state index is 9.51. The van der Waals surface area contributed by atoms with E-state index in [2.05, 4.69) is 38.8 Å². The average Bonchev–Trinajstić information content (AvgIpc) is 2.45. The highest BCUT2D eigenvalue weighted by Gasteiger charge is 2.24. The molecule has 0 spiro atoms. The van der Waals surface area contributed by atoms with Crippen LogP contribution in [0.5, 0.6) is 5.75 Å². The number of nitriles is 1. The molecule has 1 saturated heterocycles. The minimum absolute atomic E-state index is 0.185. The molecule has 0 amide bonds. The van der Waals surface area contributed by atoms with Crippen LogP contribution in [0.4, 0.5) is 0 Å². The molecule has 1 heterocycles. The van der Waals surface area contributed by atoms with Gasteiger partial charge < -0.3 is 9.64 Å². The molecular formula is C15H20BrN3O. The molecule has 1 aliphatic heterocycles. The van der Waals surface area contributed by atoms with E-state index in [1.54, 1.807) is 0 Å². The fourth-order valence-corrected chi connectivity index (χ4v) is 2.92. The minimum atomic E-state index is -0.185. The van der Waals surface area contributed by atoms with Crippen molar-refractivity contribution in [2.45, 2.75) is 13.0 Å². The number of hydrogen-bond acceptors (Lipinski definition) is 4. The number of ether oxygens (including phenoxy) is 1. The van der Waals surface area contributed by atoms with E-state index in [1.165, 1.54) is 0 Å². The summed E-state index contributed by atoms with van der Waals surface area (Å²) < 4.78 is 6.42. The summed E-state index contributed by atoms with van der Waals surface area (Å²) in [7, 11) is 2.12. The van der Waals surface area contributed by atoms with E-state index in [0.29, 0.717) is 6.61 Å². The molecule has 1 atom stereocenters. The number of likely N-dealkylation sites (N-methyl/N-ethyl adjacent to an activating group) is 1. The summed E-state index contributed by atoms with van der Waals surface area (Å²) in [5, 5.41) is 9.51. The smallest absolute Gasteiger partial charge is 0.133 e. The van der Waals surface area contributed by atoms with Gasteiger partial charge in [-0.25, -0.2) is 0 Å². The first kappa shape index (κ1) is 15.3. The van der Waals surface area contributed by atoms with Gasteiger partial charge in [0, 0.05) is 26.2 Å². The predicted molar refractivity (Wildman–Crippen MR) is 82.7 cm³/mol. The van der Waals surface area contributed by atoms with Gasteiger partial charge in [-0.15, -0.1) is 0 Å². The second-order valence-electron chi connectivity index (χ2n) is 4.99. The van der Waals surface area contributed by atoms with Gasteiger partial charge in [0.1, 0.15) is 11.8 Å². The molecule has 1 unspecified atom stereocenters. The van der Waals surface area contributed by atoms with Crippen molar-refractivity contribution in [2.24, 2.45) is 0 Å². The Kier molecular flexibility index (Phi) is 5.41. The van der Waals surface area contributed by atoms with Gasteiger partial charge in [-0.2, -0.15) is 5.26 Å². The molecule has 1 aliphatic rings. The molecule has 1 aromatic carbocycles. The van der Waals surface area contributed by atoms with Crippen LogP contribution in [-0.4, -0.2) is 49.6 Å². The second-order valence-corrected chi connectivity index (χ2v) is 5.85. The van der Waals surface area contributed by atoms with Gasteiger partial charge >= 0.3 is 0 Å². The van der Waals surface area contributed by atoms with Crippen LogP contribution < -0.4 is 4.74 Å². The van der Waals surface area contributed by atoms with Crippen LogP contribution in [0, 0.1) is 11.3 Å². The second kappa shape index (κ2) is 7.07. The average molecular weight is 338 g/mol. The number of benzene rings is 1. The van der Waals surface area contributed by atoms with E-state index in [9.17, 15) is 5.26 Å². The summed E-state index contributed by atoms with van der Waals surface area (Å²) in [6.07, 6.45) is 0. The Morgan fingerprint density at radius 3 is 2.60 bits per heavy atom. The first-order chi connectivity index (χ1) is 9.65. The van der Waals surface area contributed by atoms with Crippen molar-refractivity contribution < 1.29 is 4.74 Å². The lowest BCUT2D eigenvalue weighted by Crippen LogP contribution is -2.45. The molecule has 0 N–H and O–H groups in total. The number of hydrogen-bond donors (Lipinski definition) is 0. The molecule has 2 rings (SSSR count). The maximum atomic E-state index is 9.51. The first-order valence-electron chi connectivity index (χ1n) is 6.90. The van der Waals surface area contributed by atoms with Gasteiger partial charge in [0.25, 0.3) is 0 Å². The Labute approximate surface area is 129 Å². The van der Waals surface area contributed by atoms with E-state index < -0.39 is 0 Å². The minimum Gasteiger partial charge on any atom is -0.493 e. The Morgan fingerprint density at radius 1 is 1.35 bits per heavy atom. The van der Waals surface area contributed by atoms with Crippen LogP contribution >= 0.6 is 15.9 Å². The zero-order valence-corrected chi connectivity index (χ0v) is 13.6. The van der Waals surface area contributed by atoms with Crippen molar-refractivity contribution in [3.8, 4) is 11.8 Å². The summed E-state index contributed by atoms with van der Waals surface area (Å²) in [6.45, 7) is 6.48. The number of nitrogens with zero attached hydrogens (tertiary/aromatic N) is 3. The summed E-state index contributed by atoms with van der Waals surface area (Å²) in [4.78, 5) is 4.53. The monoisotopic (exact) mass is 337 g/mol. The fraction of sp³-hybridized carbons (Fsp3) is 0.533. The van der Waals surface area contributed by atoms with Gasteiger partial charge in [0.15, 0.2) is 0 Å². The normalized spacial score (nSPS) is 18.5. The van der Waals surface area contributed by atoms with Gasteiger partial charge in [-0.1, -0.05) is 6.07 Å². The van der Waals surface area contributed by atoms with Crippen molar-refractivity contribution in [3.05, 3.63) is 28.2 Å². The third-order valence-electron chi connectivity index (χ3n) is 3.60. The van der Waals surface area contributed by atoms with E-state index in [0.717, 1.165) is 42.0 Å². The Morgan fingerprint density at radius 2 is 2.05 bits per heavy atom. The topological polar surface area (TPSA) is 39.5 Å². The summed E-state index contributed by atoms with van der Waals surface area (Å²) in [5.41, 5.74) is 1.02. The number of piperazine rings is 1. The van der Waals surface area contributed by atoms with Crippen molar-refractivity contribution >= 4 is 15.9 Å². The van der Waals surface area contributed by atoms with Crippen LogP contribution in [-0.2, 0) is 0 Å². The predicted octanol–water partition coefficient (Wildman–Crippen LogP) is 2.66. The lowest BCUT2D eigenvalue weighted by Gasteiger charge is -2.35.